The first kappa shape index (κ1) is 15.7. The fraction of sp³-hybridized carbons (Fsp3) is 0.0556. The number of nitrogens with one attached hydrogen (secondary N) is 1. The number of anilines is 1. The van der Waals surface area contributed by atoms with Crippen LogP contribution in [0.1, 0.15) is 0 Å². The van der Waals surface area contributed by atoms with Crippen molar-refractivity contribution >= 4 is 39.2 Å². The number of pyridine rings is 1. The van der Waals surface area contributed by atoms with E-state index < -0.39 is 4.92 Å². The largest absolute Gasteiger partial charge is 0.309 e. The van der Waals surface area contributed by atoms with Crippen molar-refractivity contribution in [3.05, 3.63) is 70.9 Å². The van der Waals surface area contributed by atoms with Crippen LogP contribution in [0.3, 0.4) is 0 Å². The molecule has 0 bridgehead atoms. The fourth-order valence-corrected chi connectivity index (χ4v) is 2.77. The number of benzene rings is 2. The lowest BCUT2D eigenvalue weighted by Crippen LogP contribution is -2.20. The van der Waals surface area contributed by atoms with Gasteiger partial charge >= 0.3 is 0 Å². The average Bonchev–Trinajstić information content (AvgIpc) is 3.04. The topological polar surface area (TPSA) is 103 Å². The second-order valence-electron chi connectivity index (χ2n) is 5.74. The van der Waals surface area contributed by atoms with Crippen molar-refractivity contribution in [1.29, 1.82) is 0 Å². The minimum atomic E-state index is -0.455. The van der Waals surface area contributed by atoms with Crippen molar-refractivity contribution in [3.63, 3.8) is 0 Å². The van der Waals surface area contributed by atoms with Gasteiger partial charge in [0.2, 0.25) is 5.91 Å². The third kappa shape index (κ3) is 2.95. The lowest BCUT2D eigenvalue weighted by molar-refractivity contribution is -0.384. The van der Waals surface area contributed by atoms with Crippen LogP contribution in [0.15, 0.2) is 60.8 Å². The van der Waals surface area contributed by atoms with Crippen molar-refractivity contribution in [2.45, 2.75) is 6.54 Å². The van der Waals surface area contributed by atoms with Crippen molar-refractivity contribution < 1.29 is 9.72 Å². The van der Waals surface area contributed by atoms with E-state index in [9.17, 15) is 14.9 Å². The molecule has 0 radical (unpaired) electrons. The summed E-state index contributed by atoms with van der Waals surface area (Å²) < 4.78 is 1.62. The summed E-state index contributed by atoms with van der Waals surface area (Å²) >= 11 is 0. The monoisotopic (exact) mass is 347 g/mol. The van der Waals surface area contributed by atoms with Crippen LogP contribution < -0.4 is 5.32 Å². The molecule has 128 valence electrons. The molecular formula is C18H13N5O3. The number of aromatic nitrogens is 3. The molecule has 0 saturated carbocycles. The number of para-hydroxylation sites is 1. The molecule has 8 heteroatoms. The van der Waals surface area contributed by atoms with Gasteiger partial charge in [-0.1, -0.05) is 18.2 Å². The number of hydrogen-bond donors (Lipinski definition) is 1. The van der Waals surface area contributed by atoms with Gasteiger partial charge in [-0.2, -0.15) is 5.10 Å². The summed E-state index contributed by atoms with van der Waals surface area (Å²) in [5, 5.41) is 19.4. The summed E-state index contributed by atoms with van der Waals surface area (Å²) in [4.78, 5) is 27.0. The molecule has 8 nitrogen and oxygen atoms in total. The number of carbonyl (C=O) groups is 1. The number of nitrogens with zero attached hydrogens (tertiary/aromatic N) is 4. The predicted octanol–water partition coefficient (Wildman–Crippen LogP) is 3.13. The lowest BCUT2D eigenvalue weighted by Gasteiger charge is -2.07. The van der Waals surface area contributed by atoms with Crippen LogP contribution in [0.4, 0.5) is 11.5 Å². The highest BCUT2D eigenvalue weighted by atomic mass is 16.6. The molecule has 0 atom stereocenters. The first-order chi connectivity index (χ1) is 12.6. The Morgan fingerprint density at radius 1 is 1.12 bits per heavy atom. The van der Waals surface area contributed by atoms with Crippen LogP contribution >= 0.6 is 0 Å². The zero-order valence-corrected chi connectivity index (χ0v) is 13.5. The number of nitro benzene ring substituents is 1. The zero-order chi connectivity index (χ0) is 18.1. The van der Waals surface area contributed by atoms with E-state index >= 15 is 0 Å². The van der Waals surface area contributed by atoms with Crippen molar-refractivity contribution in [2.75, 3.05) is 5.32 Å². The Kier molecular flexibility index (Phi) is 3.77. The smallest absolute Gasteiger partial charge is 0.270 e. The van der Waals surface area contributed by atoms with Gasteiger partial charge < -0.3 is 5.32 Å². The molecule has 0 aliphatic carbocycles. The number of nitro groups is 1. The van der Waals surface area contributed by atoms with Gasteiger partial charge in [0, 0.05) is 22.9 Å². The summed E-state index contributed by atoms with van der Waals surface area (Å²) in [5.41, 5.74) is 1.45. The molecule has 0 saturated heterocycles. The highest BCUT2D eigenvalue weighted by molar-refractivity contribution is 5.92. The Balaban J connectivity index is 1.53. The van der Waals surface area contributed by atoms with E-state index in [0.717, 1.165) is 10.9 Å². The van der Waals surface area contributed by atoms with Crippen molar-refractivity contribution in [2.24, 2.45) is 0 Å². The molecule has 0 unspecified atom stereocenters. The Labute approximate surface area is 147 Å². The SMILES string of the molecule is O=C(Cn1ncc2ccccc21)Nc1ccc2cc([N+](=O)[O-])ccc2n1. The van der Waals surface area contributed by atoms with E-state index in [4.69, 9.17) is 0 Å². The molecule has 0 aliphatic heterocycles. The van der Waals surface area contributed by atoms with Gasteiger partial charge in [0.15, 0.2) is 0 Å². The van der Waals surface area contributed by atoms with Gasteiger partial charge in [0.25, 0.3) is 5.69 Å². The molecule has 4 rings (SSSR count). The van der Waals surface area contributed by atoms with Crippen LogP contribution in [-0.2, 0) is 11.3 Å². The number of hydrogen-bond acceptors (Lipinski definition) is 5. The van der Waals surface area contributed by atoms with E-state index in [2.05, 4.69) is 15.4 Å². The third-order valence-corrected chi connectivity index (χ3v) is 4.00. The lowest BCUT2D eigenvalue weighted by atomic mass is 10.2. The van der Waals surface area contributed by atoms with E-state index in [1.165, 1.54) is 12.1 Å². The molecule has 1 N–H and O–H groups in total. The van der Waals surface area contributed by atoms with Crippen LogP contribution in [0.25, 0.3) is 21.8 Å². The Bertz CT molecular complexity index is 1150. The molecule has 1 amide bonds. The van der Waals surface area contributed by atoms with E-state index in [1.54, 1.807) is 29.1 Å². The highest BCUT2D eigenvalue weighted by Gasteiger charge is 2.10. The van der Waals surface area contributed by atoms with Gasteiger partial charge in [0.1, 0.15) is 12.4 Å². The highest BCUT2D eigenvalue weighted by Crippen LogP contribution is 2.21. The Hall–Kier alpha value is -3.81. The molecule has 2 aromatic heterocycles. The van der Waals surface area contributed by atoms with E-state index in [0.29, 0.717) is 16.7 Å². The quantitative estimate of drug-likeness (QED) is 0.451. The van der Waals surface area contributed by atoms with Crippen molar-refractivity contribution in [1.82, 2.24) is 14.8 Å². The maximum absolute atomic E-state index is 12.3. The minimum absolute atomic E-state index is 0.00152. The summed E-state index contributed by atoms with van der Waals surface area (Å²) in [7, 11) is 0. The van der Waals surface area contributed by atoms with E-state index in [1.807, 2.05) is 24.3 Å². The molecule has 0 spiro atoms. The second-order valence-corrected chi connectivity index (χ2v) is 5.74. The van der Waals surface area contributed by atoms with E-state index in [-0.39, 0.29) is 18.1 Å². The third-order valence-electron chi connectivity index (χ3n) is 4.00. The zero-order valence-electron chi connectivity index (χ0n) is 13.5. The number of rotatable bonds is 4. The summed E-state index contributed by atoms with van der Waals surface area (Å²) in [6.07, 6.45) is 1.71. The first-order valence-electron chi connectivity index (χ1n) is 7.86. The maximum atomic E-state index is 12.3. The van der Waals surface area contributed by atoms with Gasteiger partial charge in [-0.25, -0.2) is 4.98 Å². The van der Waals surface area contributed by atoms with Crippen LogP contribution in [0.2, 0.25) is 0 Å². The molecule has 4 aromatic rings. The fourth-order valence-electron chi connectivity index (χ4n) is 2.77. The van der Waals surface area contributed by atoms with Gasteiger partial charge in [-0.3, -0.25) is 19.6 Å². The minimum Gasteiger partial charge on any atom is -0.309 e. The predicted molar refractivity (Wildman–Crippen MR) is 96.8 cm³/mol. The molecular weight excluding hydrogens is 334 g/mol. The summed E-state index contributed by atoms with van der Waals surface area (Å²) in [6.45, 7) is 0.0630. The van der Waals surface area contributed by atoms with Crippen molar-refractivity contribution in [3.8, 4) is 0 Å². The van der Waals surface area contributed by atoms with Crippen LogP contribution in [0, 0.1) is 10.1 Å². The summed E-state index contributed by atoms with van der Waals surface area (Å²) in [6, 6.07) is 15.3. The standard InChI is InChI=1S/C18H13N5O3/c24-18(11-22-16-4-2-1-3-13(16)10-19-22)21-17-8-5-12-9-14(23(25)26)6-7-15(12)20-17/h1-10H,11H2,(H,20,21,24). The first-order valence-corrected chi connectivity index (χ1v) is 7.86. The molecule has 0 aliphatic rings. The average molecular weight is 347 g/mol. The Morgan fingerprint density at radius 2 is 1.96 bits per heavy atom. The second kappa shape index (κ2) is 6.25. The van der Waals surface area contributed by atoms with Crippen LogP contribution in [-0.4, -0.2) is 25.6 Å². The van der Waals surface area contributed by atoms with Gasteiger partial charge in [-0.05, 0) is 24.3 Å². The Morgan fingerprint density at radius 3 is 2.81 bits per heavy atom. The number of carbonyl (C=O) groups excluding carboxylic acids is 1. The molecule has 2 aromatic carbocycles. The molecule has 0 fully saturated rings. The van der Waals surface area contributed by atoms with Gasteiger partial charge in [-0.15, -0.1) is 0 Å². The number of fused-ring (bicyclic) bond motifs is 2. The normalized spacial score (nSPS) is 10.9. The number of non-ortho nitro benzene ring substituents is 1. The maximum Gasteiger partial charge on any atom is 0.270 e. The van der Waals surface area contributed by atoms with Crippen LogP contribution in [0.5, 0.6) is 0 Å². The summed E-state index contributed by atoms with van der Waals surface area (Å²) in [5.74, 6) is 0.125. The molecule has 26 heavy (non-hydrogen) atoms. The van der Waals surface area contributed by atoms with Gasteiger partial charge in [0.05, 0.1) is 22.2 Å². The molecule has 2 heterocycles. The number of amides is 1.